The molecule has 0 aromatic heterocycles. The van der Waals surface area contributed by atoms with E-state index < -0.39 is 14.7 Å². The van der Waals surface area contributed by atoms with Crippen LogP contribution in [-0.2, 0) is 119 Å². The van der Waals surface area contributed by atoms with Crippen molar-refractivity contribution in [3.05, 3.63) is 13.3 Å². The molecule has 0 aromatic rings. The van der Waals surface area contributed by atoms with Crippen LogP contribution in [0.25, 0.3) is 0 Å². The van der Waals surface area contributed by atoms with E-state index in [9.17, 15) is 9.13 Å². The van der Waals surface area contributed by atoms with E-state index in [1.165, 1.54) is 6.42 Å². The molecule has 151 valence electrons. The van der Waals surface area contributed by atoms with Crippen LogP contribution in [0.1, 0.15) is 34.1 Å². The van der Waals surface area contributed by atoms with Gasteiger partial charge in [-0.15, -0.1) is 6.92 Å². The van der Waals surface area contributed by atoms with Crippen LogP contribution in [0.5, 0.6) is 0 Å². The topological polar surface area (TPSA) is 91.7 Å². The smallest absolute Gasteiger partial charge is 0.322 e. The first-order chi connectivity index (χ1) is 9.10. The van der Waals surface area contributed by atoms with Crippen molar-refractivity contribution in [2.75, 3.05) is 33.3 Å². The Balaban J connectivity index is -0.0000000179. The Bertz CT molecular complexity index is 254. The maximum absolute atomic E-state index is 10.2. The van der Waals surface area contributed by atoms with Crippen LogP contribution in [0.15, 0.2) is 0 Å². The van der Waals surface area contributed by atoms with Crippen molar-refractivity contribution in [2.45, 2.75) is 34.1 Å². The zero-order valence-corrected chi connectivity index (χ0v) is 29.7. The van der Waals surface area contributed by atoms with Gasteiger partial charge in [0.25, 0.3) is 0 Å². The number of hydrogen-bond acceptors (Lipinski definition) is 3. The molecule has 0 aliphatic rings. The molecule has 0 amide bonds. The third-order valence-electron chi connectivity index (χ3n) is 0.569. The van der Waals surface area contributed by atoms with Crippen molar-refractivity contribution >= 4 is 23.2 Å². The molecule has 2 N–H and O–H groups in total. The van der Waals surface area contributed by atoms with Crippen LogP contribution in [0.4, 0.5) is 0 Å². The van der Waals surface area contributed by atoms with E-state index in [2.05, 4.69) is 34.1 Å². The summed E-state index contributed by atoms with van der Waals surface area (Å²) in [6, 6.07) is 0. The first-order valence-electron chi connectivity index (χ1n) is 6.49. The standard InChI is InChI=1S/C5H10.C3H9OP.C3H8.CH5O3P.CH3OP.V.W.2Y/c1-4-5(2)3;1-5(2,3)4;1-3-2;1-5(2,3)4;1-3-2;;;;/h4-5H,2H2,1,3H3;1-3H3;3H2,1-2H3;1H3,(H2,2,3,4);1H3;;;;/q-2;;;;;;;;. The average molecular weight is 777 g/mol. The molecular weight excluding hydrogens is 742 g/mol. The monoisotopic (exact) mass is 777 g/mol. The molecule has 0 bridgehead atoms. The molecule has 0 heterocycles. The van der Waals surface area contributed by atoms with Crippen LogP contribution in [-0.4, -0.2) is 43.1 Å². The van der Waals surface area contributed by atoms with Gasteiger partial charge in [0.05, 0.1) is 7.14 Å². The molecule has 0 fully saturated rings. The second kappa shape index (κ2) is 42.1. The molecule has 0 aliphatic heterocycles. The summed E-state index contributed by atoms with van der Waals surface area (Å²) in [4.78, 5) is 15.3. The maximum Gasteiger partial charge on any atom is 0.322 e. The van der Waals surface area contributed by atoms with Crippen molar-refractivity contribution in [2.24, 2.45) is 5.92 Å². The zero-order valence-electron chi connectivity index (χ0n) is 17.0. The van der Waals surface area contributed by atoms with Gasteiger partial charge < -0.3 is 33.6 Å². The van der Waals surface area contributed by atoms with Crippen LogP contribution < -0.4 is 0 Å². The van der Waals surface area contributed by atoms with Crippen LogP contribution in [0.3, 0.4) is 0 Å². The molecule has 0 saturated heterocycles. The van der Waals surface area contributed by atoms with Crippen LogP contribution in [0.2, 0.25) is 0 Å². The maximum atomic E-state index is 10.2. The third kappa shape index (κ3) is 530. The van der Waals surface area contributed by atoms with Gasteiger partial charge in [0.15, 0.2) is 8.46 Å². The molecule has 1 atom stereocenters. The first-order valence-corrected chi connectivity index (χ1v) is 12.9. The first kappa shape index (κ1) is 56.8. The molecule has 0 rings (SSSR count). The summed E-state index contributed by atoms with van der Waals surface area (Å²) in [5.41, 5.74) is 0. The van der Waals surface area contributed by atoms with Crippen molar-refractivity contribution in [3.8, 4) is 0 Å². The van der Waals surface area contributed by atoms with Crippen molar-refractivity contribution in [3.63, 3.8) is 0 Å². The molecule has 25 heavy (non-hydrogen) atoms. The molecule has 0 aromatic carbocycles. The van der Waals surface area contributed by atoms with Gasteiger partial charge in [0.1, 0.15) is 0 Å². The molecule has 1 unspecified atom stereocenters. The Hall–Kier alpha value is 3.96. The van der Waals surface area contributed by atoms with Gasteiger partial charge in [0, 0.05) is 118 Å². The fourth-order valence-corrected chi connectivity index (χ4v) is 0. The van der Waals surface area contributed by atoms with E-state index in [1.807, 2.05) is 6.92 Å². The largest absolute Gasteiger partial charge is 0.370 e. The Labute approximate surface area is 235 Å². The van der Waals surface area contributed by atoms with Gasteiger partial charge in [-0.3, -0.25) is 9.13 Å². The Morgan fingerprint density at radius 2 is 1.12 bits per heavy atom. The van der Waals surface area contributed by atoms with Gasteiger partial charge in [-0.25, -0.2) is 0 Å². The van der Waals surface area contributed by atoms with Gasteiger partial charge in [-0.05, 0) is 20.0 Å². The predicted molar refractivity (Wildman–Crippen MR) is 97.3 cm³/mol. The second-order valence-electron chi connectivity index (χ2n) is 4.92. The summed E-state index contributed by atoms with van der Waals surface area (Å²) in [6.45, 7) is 19.6. The summed E-state index contributed by atoms with van der Waals surface area (Å²) in [6.07, 6.45) is 3.31. The third-order valence-corrected chi connectivity index (χ3v) is 0.569. The van der Waals surface area contributed by atoms with E-state index in [-0.39, 0.29) is 113 Å². The van der Waals surface area contributed by atoms with Gasteiger partial charge in [-0.2, -0.15) is 6.92 Å². The summed E-state index contributed by atoms with van der Waals surface area (Å²) in [7, 11) is -5.11. The van der Waals surface area contributed by atoms with E-state index in [4.69, 9.17) is 14.4 Å². The number of hydrogen-bond donors (Lipinski definition) is 2. The minimum atomic E-state index is -3.64. The van der Waals surface area contributed by atoms with Crippen LogP contribution >= 0.6 is 23.2 Å². The van der Waals surface area contributed by atoms with Gasteiger partial charge in [-0.1, -0.05) is 20.3 Å². The van der Waals surface area contributed by atoms with Crippen molar-refractivity contribution < 1.29 is 129 Å². The molecule has 5 nitrogen and oxygen atoms in total. The molecule has 0 saturated carbocycles. The second-order valence-corrected chi connectivity index (χ2v) is 10.7. The summed E-state index contributed by atoms with van der Waals surface area (Å²) in [5.74, 6) is 0.509. The van der Waals surface area contributed by atoms with Gasteiger partial charge >= 0.3 is 7.60 Å². The normalized spacial score (nSPS) is 9.28. The summed E-state index contributed by atoms with van der Waals surface area (Å²) >= 11 is 0. The Morgan fingerprint density at radius 3 is 1.12 bits per heavy atom. The SMILES string of the molecule is CCC.CP(=O)(O)O.CP(C)(C)=O.CP=O.[CH2-]C(C)[CH-]C.[V].[W].[Y].[Y]. The summed E-state index contributed by atoms with van der Waals surface area (Å²) in [5, 5.41) is 0. The van der Waals surface area contributed by atoms with Crippen molar-refractivity contribution in [1.82, 2.24) is 0 Å². The van der Waals surface area contributed by atoms with Gasteiger partial charge in [0.2, 0.25) is 0 Å². The van der Waals surface area contributed by atoms with Crippen molar-refractivity contribution in [1.29, 1.82) is 0 Å². The zero-order chi connectivity index (χ0) is 18.7. The Morgan fingerprint density at radius 1 is 1.08 bits per heavy atom. The average Bonchev–Trinajstić information content (AvgIpc) is 2.14. The number of rotatable bonds is 1. The minimum absolute atomic E-state index is 0. The molecular formula is C13H35O5P3VWY2-2. The quantitative estimate of drug-likeness (QED) is 0.289. The van der Waals surface area contributed by atoms with E-state index >= 15 is 0 Å². The molecule has 0 spiro atoms. The minimum Gasteiger partial charge on any atom is -0.370 e. The van der Waals surface area contributed by atoms with E-state index in [1.54, 1.807) is 26.7 Å². The Kier molecular flexibility index (Phi) is 95.8. The molecule has 0 aliphatic carbocycles. The molecule has 12 heteroatoms. The summed E-state index contributed by atoms with van der Waals surface area (Å²) < 4.78 is 28.4. The predicted octanol–water partition coefficient (Wildman–Crippen LogP) is 5.03. The fourth-order valence-electron chi connectivity index (χ4n) is 0. The van der Waals surface area contributed by atoms with E-state index in [0.29, 0.717) is 5.92 Å². The van der Waals surface area contributed by atoms with Crippen LogP contribution in [0, 0.1) is 19.3 Å². The molecule has 3 radical (unpaired) electrons. The van der Waals surface area contributed by atoms with E-state index in [0.717, 1.165) is 6.66 Å². The fraction of sp³-hybridized carbons (Fsp3) is 0.846.